The number of hydrogen-bond donors (Lipinski definition) is 1. The first-order chi connectivity index (χ1) is 6.77. The summed E-state index contributed by atoms with van der Waals surface area (Å²) < 4.78 is 14.2. The Bertz CT molecular complexity index is 216. The van der Waals surface area contributed by atoms with Gasteiger partial charge in [0.15, 0.2) is 0 Å². The van der Waals surface area contributed by atoms with Crippen LogP contribution in [0.3, 0.4) is 0 Å². The molecule has 14 heavy (non-hydrogen) atoms. The lowest BCUT2D eigenvalue weighted by molar-refractivity contribution is 0.328. The molecule has 3 nitrogen and oxygen atoms in total. The monoisotopic (exact) mass is 216 g/mol. The Morgan fingerprint density at radius 3 is 2.50 bits per heavy atom. The molecule has 1 aliphatic heterocycles. The maximum absolute atomic E-state index is 12.1. The molecule has 0 aromatic heterocycles. The van der Waals surface area contributed by atoms with Gasteiger partial charge >= 0.3 is 0 Å². The van der Waals surface area contributed by atoms with E-state index in [4.69, 9.17) is 5.73 Å². The molecule has 0 radical (unpaired) electrons. The quantitative estimate of drug-likeness (QED) is 0.749. The molecule has 1 saturated carbocycles. The lowest BCUT2D eigenvalue weighted by Gasteiger charge is -2.31. The predicted molar refractivity (Wildman–Crippen MR) is 59.2 cm³/mol. The molecule has 82 valence electrons. The van der Waals surface area contributed by atoms with Gasteiger partial charge in [0.25, 0.3) is 0 Å². The zero-order valence-corrected chi connectivity index (χ0v) is 9.47. The summed E-state index contributed by atoms with van der Waals surface area (Å²) in [5, 5.41) is 0.431. The molecule has 0 spiro atoms. The van der Waals surface area contributed by atoms with E-state index in [2.05, 4.69) is 4.31 Å². The SMILES string of the molecule is N[C@@H]1CCCN(S(=O)C2CCCC2)C1. The highest BCUT2D eigenvalue weighted by Crippen LogP contribution is 2.25. The van der Waals surface area contributed by atoms with Gasteiger partial charge in [-0.3, -0.25) is 0 Å². The van der Waals surface area contributed by atoms with Crippen LogP contribution in [-0.2, 0) is 11.0 Å². The van der Waals surface area contributed by atoms with Crippen LogP contribution in [0.1, 0.15) is 38.5 Å². The number of nitrogens with two attached hydrogens (primary N) is 1. The molecule has 0 aromatic carbocycles. The van der Waals surface area contributed by atoms with Gasteiger partial charge in [0, 0.05) is 24.4 Å². The zero-order chi connectivity index (χ0) is 9.97. The predicted octanol–water partition coefficient (Wildman–Crippen LogP) is 1.02. The number of hydrogen-bond acceptors (Lipinski definition) is 2. The van der Waals surface area contributed by atoms with Crippen molar-refractivity contribution >= 4 is 11.0 Å². The number of piperidine rings is 1. The first kappa shape index (κ1) is 10.6. The Labute approximate surface area is 88.6 Å². The summed E-state index contributed by atoms with van der Waals surface area (Å²) in [6.07, 6.45) is 7.03. The largest absolute Gasteiger partial charge is 0.327 e. The average Bonchev–Trinajstić information content (AvgIpc) is 2.69. The van der Waals surface area contributed by atoms with E-state index in [-0.39, 0.29) is 6.04 Å². The Morgan fingerprint density at radius 2 is 1.86 bits per heavy atom. The van der Waals surface area contributed by atoms with Gasteiger partial charge in [-0.2, -0.15) is 0 Å². The molecule has 0 aromatic rings. The Balaban J connectivity index is 1.89. The minimum absolute atomic E-state index is 0.245. The molecular formula is C10H20N2OS. The maximum atomic E-state index is 12.1. The molecule has 0 bridgehead atoms. The minimum atomic E-state index is -0.749. The molecule has 2 aliphatic rings. The van der Waals surface area contributed by atoms with E-state index in [9.17, 15) is 4.21 Å². The van der Waals surface area contributed by atoms with Crippen LogP contribution in [0.15, 0.2) is 0 Å². The van der Waals surface area contributed by atoms with E-state index in [1.54, 1.807) is 0 Å². The highest BCUT2D eigenvalue weighted by atomic mass is 32.2. The van der Waals surface area contributed by atoms with Gasteiger partial charge in [-0.1, -0.05) is 12.8 Å². The third kappa shape index (κ3) is 2.35. The molecule has 2 fully saturated rings. The summed E-state index contributed by atoms with van der Waals surface area (Å²) in [6.45, 7) is 1.82. The molecule has 2 N–H and O–H groups in total. The van der Waals surface area contributed by atoms with Gasteiger partial charge in [-0.25, -0.2) is 8.51 Å². The molecule has 4 heteroatoms. The van der Waals surface area contributed by atoms with Crippen LogP contribution in [0, 0.1) is 0 Å². The average molecular weight is 216 g/mol. The van der Waals surface area contributed by atoms with Gasteiger partial charge in [0.1, 0.15) is 0 Å². The van der Waals surface area contributed by atoms with E-state index in [1.807, 2.05) is 0 Å². The first-order valence-corrected chi connectivity index (χ1v) is 6.85. The number of rotatable bonds is 2. The van der Waals surface area contributed by atoms with Gasteiger partial charge in [0.05, 0.1) is 11.0 Å². The summed E-state index contributed by atoms with van der Waals surface area (Å²) in [5.41, 5.74) is 5.89. The van der Waals surface area contributed by atoms with Crippen molar-refractivity contribution in [2.75, 3.05) is 13.1 Å². The van der Waals surface area contributed by atoms with E-state index >= 15 is 0 Å². The van der Waals surface area contributed by atoms with Crippen molar-refractivity contribution in [3.05, 3.63) is 0 Å². The third-order valence-corrected chi connectivity index (χ3v) is 5.14. The fourth-order valence-electron chi connectivity index (χ4n) is 2.44. The first-order valence-electron chi connectivity index (χ1n) is 5.68. The van der Waals surface area contributed by atoms with Crippen molar-refractivity contribution < 1.29 is 4.21 Å². The van der Waals surface area contributed by atoms with Crippen molar-refractivity contribution in [2.24, 2.45) is 5.73 Å². The van der Waals surface area contributed by atoms with E-state index < -0.39 is 11.0 Å². The standard InChI is InChI=1S/C10H20N2OS/c11-9-4-3-7-12(8-9)14(13)10-5-1-2-6-10/h9-10H,1-8,11H2/t9-,14?/m1/s1. The maximum Gasteiger partial charge on any atom is 0.0974 e. The minimum Gasteiger partial charge on any atom is -0.327 e. The highest BCUT2D eigenvalue weighted by Gasteiger charge is 2.28. The normalized spacial score (nSPS) is 33.4. The second kappa shape index (κ2) is 4.73. The molecule has 1 saturated heterocycles. The summed E-state index contributed by atoms with van der Waals surface area (Å²) in [4.78, 5) is 0. The van der Waals surface area contributed by atoms with Crippen LogP contribution in [0.2, 0.25) is 0 Å². The highest BCUT2D eigenvalue weighted by molar-refractivity contribution is 7.83. The summed E-state index contributed by atoms with van der Waals surface area (Å²) >= 11 is 0. The molecular weight excluding hydrogens is 196 g/mol. The van der Waals surface area contributed by atoms with Crippen LogP contribution >= 0.6 is 0 Å². The van der Waals surface area contributed by atoms with Crippen LogP contribution in [0.4, 0.5) is 0 Å². The smallest absolute Gasteiger partial charge is 0.0974 e. The summed E-state index contributed by atoms with van der Waals surface area (Å²) in [6, 6.07) is 0.245. The lowest BCUT2D eigenvalue weighted by atomic mass is 10.1. The summed E-state index contributed by atoms with van der Waals surface area (Å²) in [7, 11) is -0.749. The molecule has 1 unspecified atom stereocenters. The van der Waals surface area contributed by atoms with Crippen molar-refractivity contribution in [1.29, 1.82) is 0 Å². The van der Waals surface area contributed by atoms with Gasteiger partial charge in [-0.05, 0) is 25.7 Å². The molecule has 0 amide bonds. The van der Waals surface area contributed by atoms with Crippen LogP contribution in [-0.4, -0.2) is 32.9 Å². The second-order valence-electron chi connectivity index (χ2n) is 4.47. The van der Waals surface area contributed by atoms with Crippen molar-refractivity contribution in [2.45, 2.75) is 49.8 Å². The van der Waals surface area contributed by atoms with E-state index in [0.29, 0.717) is 5.25 Å². The Morgan fingerprint density at radius 1 is 1.14 bits per heavy atom. The Kier molecular flexibility index (Phi) is 3.57. The molecule has 2 rings (SSSR count). The van der Waals surface area contributed by atoms with Crippen LogP contribution in [0.5, 0.6) is 0 Å². The second-order valence-corrected chi connectivity index (χ2v) is 6.21. The van der Waals surface area contributed by atoms with Crippen molar-refractivity contribution in [3.8, 4) is 0 Å². The van der Waals surface area contributed by atoms with Crippen molar-refractivity contribution in [1.82, 2.24) is 4.31 Å². The van der Waals surface area contributed by atoms with Gasteiger partial charge in [-0.15, -0.1) is 0 Å². The van der Waals surface area contributed by atoms with Crippen molar-refractivity contribution in [3.63, 3.8) is 0 Å². The van der Waals surface area contributed by atoms with Crippen LogP contribution < -0.4 is 5.73 Å². The Hall–Kier alpha value is 0.0700. The fourth-order valence-corrected chi connectivity index (χ4v) is 4.24. The lowest BCUT2D eigenvalue weighted by Crippen LogP contribution is -2.45. The van der Waals surface area contributed by atoms with E-state index in [0.717, 1.165) is 38.8 Å². The molecule has 1 aliphatic carbocycles. The van der Waals surface area contributed by atoms with E-state index in [1.165, 1.54) is 12.8 Å². The third-order valence-electron chi connectivity index (χ3n) is 3.26. The summed E-state index contributed by atoms with van der Waals surface area (Å²) in [5.74, 6) is 0. The number of nitrogens with zero attached hydrogens (tertiary/aromatic N) is 1. The van der Waals surface area contributed by atoms with Gasteiger partial charge < -0.3 is 5.73 Å². The molecule has 1 heterocycles. The van der Waals surface area contributed by atoms with Gasteiger partial charge in [0.2, 0.25) is 0 Å². The topological polar surface area (TPSA) is 46.3 Å². The fraction of sp³-hybridized carbons (Fsp3) is 1.00. The zero-order valence-electron chi connectivity index (χ0n) is 8.65. The van der Waals surface area contributed by atoms with Crippen LogP contribution in [0.25, 0.3) is 0 Å². The molecule has 2 atom stereocenters.